The second-order valence-electron chi connectivity index (χ2n) is 5.65. The van der Waals surface area contributed by atoms with Crippen LogP contribution in [-0.4, -0.2) is 24.5 Å². The van der Waals surface area contributed by atoms with E-state index in [1.165, 1.54) is 18.2 Å². The summed E-state index contributed by atoms with van der Waals surface area (Å²) in [4.78, 5) is 16.7. The van der Waals surface area contributed by atoms with Crippen molar-refractivity contribution in [1.82, 2.24) is 24.5 Å². The van der Waals surface area contributed by atoms with Gasteiger partial charge in [-0.25, -0.2) is 18.2 Å². The van der Waals surface area contributed by atoms with Crippen LogP contribution in [0.1, 0.15) is 5.56 Å². The van der Waals surface area contributed by atoms with Crippen LogP contribution in [0.25, 0.3) is 16.9 Å². The third kappa shape index (κ3) is 2.95. The van der Waals surface area contributed by atoms with Gasteiger partial charge in [-0.1, -0.05) is 22.9 Å². The van der Waals surface area contributed by atoms with Gasteiger partial charge in [0.05, 0.1) is 6.54 Å². The van der Waals surface area contributed by atoms with Gasteiger partial charge >= 0.3 is 0 Å². The second kappa shape index (κ2) is 6.51. The lowest BCUT2D eigenvalue weighted by Gasteiger charge is -2.08. The van der Waals surface area contributed by atoms with Gasteiger partial charge in [0.15, 0.2) is 17.0 Å². The number of halogens is 4. The lowest BCUT2D eigenvalue weighted by Crippen LogP contribution is -2.22. The monoisotopic (exact) mass is 391 g/mol. The fourth-order valence-corrected chi connectivity index (χ4v) is 2.85. The van der Waals surface area contributed by atoms with E-state index in [2.05, 4.69) is 15.3 Å². The smallest absolute Gasteiger partial charge is 0.283 e. The van der Waals surface area contributed by atoms with Gasteiger partial charge in [0.2, 0.25) is 0 Å². The van der Waals surface area contributed by atoms with E-state index < -0.39 is 23.0 Å². The van der Waals surface area contributed by atoms with Gasteiger partial charge in [0.25, 0.3) is 5.56 Å². The molecule has 0 aliphatic carbocycles. The van der Waals surface area contributed by atoms with Gasteiger partial charge in [0.1, 0.15) is 23.6 Å². The van der Waals surface area contributed by atoms with Crippen LogP contribution in [0.5, 0.6) is 0 Å². The number of rotatable bonds is 3. The fourth-order valence-electron chi connectivity index (χ4n) is 2.63. The zero-order chi connectivity index (χ0) is 19.1. The normalized spacial score (nSPS) is 11.3. The molecule has 2 aromatic heterocycles. The lowest BCUT2D eigenvalue weighted by molar-refractivity contribution is 0.573. The highest BCUT2D eigenvalue weighted by atomic mass is 35.5. The van der Waals surface area contributed by atoms with Crippen molar-refractivity contribution in [1.29, 1.82) is 0 Å². The van der Waals surface area contributed by atoms with Crippen LogP contribution in [0, 0.1) is 17.5 Å². The van der Waals surface area contributed by atoms with Crippen molar-refractivity contribution in [2.24, 2.45) is 0 Å². The Kier molecular flexibility index (Phi) is 4.15. The van der Waals surface area contributed by atoms with Gasteiger partial charge in [-0.2, -0.15) is 4.68 Å². The van der Waals surface area contributed by atoms with Crippen LogP contribution < -0.4 is 5.56 Å². The van der Waals surface area contributed by atoms with Crippen LogP contribution in [0.3, 0.4) is 0 Å². The summed E-state index contributed by atoms with van der Waals surface area (Å²) in [6.07, 6.45) is 1.16. The molecule has 6 nitrogen and oxygen atoms in total. The zero-order valence-corrected chi connectivity index (χ0v) is 14.2. The first kappa shape index (κ1) is 17.2. The van der Waals surface area contributed by atoms with Gasteiger partial charge in [0, 0.05) is 16.7 Å². The standard InChI is InChI=1S/C17H9ClF3N5O/c18-11-2-1-3-12(20)10(11)7-25-8-22-16-15(17(25)27)23-24-26(16)14-5-4-9(19)6-13(14)21/h1-6,8H,7H2. The Hall–Kier alpha value is -3.20. The Labute approximate surface area is 154 Å². The quantitative estimate of drug-likeness (QED) is 0.538. The van der Waals surface area contributed by atoms with Gasteiger partial charge in [-0.15, -0.1) is 5.10 Å². The summed E-state index contributed by atoms with van der Waals surface area (Å²) < 4.78 is 43.2. The number of fused-ring (bicyclic) bond motifs is 1. The first-order chi connectivity index (χ1) is 13.0. The minimum atomic E-state index is -0.883. The molecule has 27 heavy (non-hydrogen) atoms. The summed E-state index contributed by atoms with van der Waals surface area (Å²) >= 11 is 5.98. The first-order valence-corrected chi connectivity index (χ1v) is 8.02. The molecule has 0 N–H and O–H groups in total. The Morgan fingerprint density at radius 3 is 2.63 bits per heavy atom. The highest BCUT2D eigenvalue weighted by Gasteiger charge is 2.17. The second-order valence-corrected chi connectivity index (χ2v) is 6.05. The SMILES string of the molecule is O=c1c2nnn(-c3ccc(F)cc3F)c2ncn1Cc1c(F)cccc1Cl. The summed E-state index contributed by atoms with van der Waals surface area (Å²) in [7, 11) is 0. The average molecular weight is 392 g/mol. The highest BCUT2D eigenvalue weighted by molar-refractivity contribution is 6.31. The fraction of sp³-hybridized carbons (Fsp3) is 0.0588. The largest absolute Gasteiger partial charge is 0.293 e. The molecule has 2 heterocycles. The van der Waals surface area contributed by atoms with Crippen molar-refractivity contribution < 1.29 is 13.2 Å². The first-order valence-electron chi connectivity index (χ1n) is 7.65. The Morgan fingerprint density at radius 1 is 1.07 bits per heavy atom. The maximum Gasteiger partial charge on any atom is 0.283 e. The van der Waals surface area contributed by atoms with Crippen LogP contribution in [0.15, 0.2) is 47.5 Å². The molecule has 0 amide bonds. The van der Waals surface area contributed by atoms with Crippen LogP contribution in [0.4, 0.5) is 13.2 Å². The van der Waals surface area contributed by atoms with Crippen molar-refractivity contribution in [2.75, 3.05) is 0 Å². The molecule has 0 fully saturated rings. The van der Waals surface area contributed by atoms with Crippen LogP contribution >= 0.6 is 11.6 Å². The maximum atomic E-state index is 14.0. The number of nitrogens with zero attached hydrogens (tertiary/aromatic N) is 5. The van der Waals surface area contributed by atoms with Gasteiger partial charge in [-0.05, 0) is 24.3 Å². The van der Waals surface area contributed by atoms with E-state index in [-0.39, 0.29) is 34.0 Å². The van der Waals surface area contributed by atoms with E-state index >= 15 is 0 Å². The summed E-state index contributed by atoms with van der Waals surface area (Å²) in [5.74, 6) is -2.20. The molecule has 0 bridgehead atoms. The molecule has 0 saturated heterocycles. The number of benzene rings is 2. The molecule has 0 atom stereocenters. The highest BCUT2D eigenvalue weighted by Crippen LogP contribution is 2.20. The molecule has 0 spiro atoms. The van der Waals surface area contributed by atoms with Crippen molar-refractivity contribution in [3.63, 3.8) is 0 Å². The van der Waals surface area contributed by atoms with E-state index in [1.807, 2.05) is 0 Å². The Balaban J connectivity index is 1.82. The summed E-state index contributed by atoms with van der Waals surface area (Å²) in [6.45, 7) is -0.162. The van der Waals surface area contributed by atoms with Crippen molar-refractivity contribution in [3.05, 3.63) is 81.1 Å². The predicted molar refractivity (Wildman–Crippen MR) is 91.3 cm³/mol. The zero-order valence-electron chi connectivity index (χ0n) is 13.4. The molecule has 0 saturated carbocycles. The van der Waals surface area contributed by atoms with E-state index in [0.717, 1.165) is 27.7 Å². The molecular weight excluding hydrogens is 383 g/mol. The van der Waals surface area contributed by atoms with Crippen molar-refractivity contribution >= 4 is 22.8 Å². The molecule has 10 heteroatoms. The number of hydrogen-bond acceptors (Lipinski definition) is 4. The van der Waals surface area contributed by atoms with Crippen LogP contribution in [0.2, 0.25) is 5.02 Å². The molecule has 4 rings (SSSR count). The molecule has 136 valence electrons. The van der Waals surface area contributed by atoms with Crippen LogP contribution in [-0.2, 0) is 6.54 Å². The minimum Gasteiger partial charge on any atom is -0.293 e. The Bertz CT molecular complexity index is 1220. The van der Waals surface area contributed by atoms with Crippen molar-refractivity contribution in [2.45, 2.75) is 6.54 Å². The maximum absolute atomic E-state index is 14.0. The molecule has 0 aliphatic rings. The summed E-state index contributed by atoms with van der Waals surface area (Å²) in [6, 6.07) is 7.08. The number of hydrogen-bond donors (Lipinski definition) is 0. The summed E-state index contributed by atoms with van der Waals surface area (Å²) in [5, 5.41) is 7.63. The topological polar surface area (TPSA) is 65.6 Å². The van der Waals surface area contributed by atoms with E-state index in [1.54, 1.807) is 0 Å². The average Bonchev–Trinajstić information content (AvgIpc) is 3.05. The molecule has 2 aromatic carbocycles. The predicted octanol–water partition coefficient (Wildman–Crippen LogP) is 3.10. The molecular formula is C17H9ClF3N5O. The van der Waals surface area contributed by atoms with Gasteiger partial charge in [-0.3, -0.25) is 9.36 Å². The summed E-state index contributed by atoms with van der Waals surface area (Å²) in [5.41, 5.74) is -0.747. The van der Waals surface area contributed by atoms with E-state index in [0.29, 0.717) is 6.07 Å². The minimum absolute atomic E-state index is 0.0126. The third-order valence-electron chi connectivity index (χ3n) is 3.96. The van der Waals surface area contributed by atoms with Crippen molar-refractivity contribution in [3.8, 4) is 5.69 Å². The molecule has 4 aromatic rings. The van der Waals surface area contributed by atoms with E-state index in [4.69, 9.17) is 11.6 Å². The number of aromatic nitrogens is 5. The lowest BCUT2D eigenvalue weighted by atomic mass is 10.2. The Morgan fingerprint density at radius 2 is 1.89 bits per heavy atom. The van der Waals surface area contributed by atoms with E-state index in [9.17, 15) is 18.0 Å². The molecule has 0 unspecified atom stereocenters. The molecule has 0 aliphatic heterocycles. The van der Waals surface area contributed by atoms with Gasteiger partial charge < -0.3 is 0 Å². The molecule has 0 radical (unpaired) electrons. The third-order valence-corrected chi connectivity index (χ3v) is 4.31.